The number of thioether (sulfide) groups is 1. The Labute approximate surface area is 191 Å². The summed E-state index contributed by atoms with van der Waals surface area (Å²) in [6.45, 7) is 1.79. The number of benzene rings is 1. The van der Waals surface area contributed by atoms with Crippen LogP contribution < -0.4 is 15.0 Å². The topological polar surface area (TPSA) is 97.3 Å². The Morgan fingerprint density at radius 1 is 1.35 bits per heavy atom. The number of hydrogen-bond acceptors (Lipinski definition) is 8. The Morgan fingerprint density at radius 3 is 2.81 bits per heavy atom. The van der Waals surface area contributed by atoms with Gasteiger partial charge in [-0.15, -0.1) is 11.3 Å². The van der Waals surface area contributed by atoms with Gasteiger partial charge in [-0.3, -0.25) is 19.8 Å². The number of imide groups is 1. The first-order valence-electron chi connectivity index (χ1n) is 9.04. The number of methoxy groups -OCH3 is 1. The number of aliphatic imine (C=N–C) groups is 1. The van der Waals surface area contributed by atoms with E-state index in [0.29, 0.717) is 16.5 Å². The monoisotopic (exact) mass is 479 g/mol. The molecular formula is C20H18ClN3O5S2. The molecule has 0 spiro atoms. The van der Waals surface area contributed by atoms with Crippen LogP contribution in [-0.4, -0.2) is 42.5 Å². The molecule has 1 aliphatic heterocycles. The van der Waals surface area contributed by atoms with Crippen molar-refractivity contribution in [3.8, 4) is 5.75 Å². The van der Waals surface area contributed by atoms with Gasteiger partial charge >= 0.3 is 6.09 Å². The van der Waals surface area contributed by atoms with Crippen molar-refractivity contribution in [2.24, 2.45) is 4.99 Å². The molecule has 0 radical (unpaired) electrons. The average Bonchev–Trinajstić information content (AvgIpc) is 3.35. The minimum Gasteiger partial charge on any atom is -0.495 e. The van der Waals surface area contributed by atoms with E-state index in [2.05, 4.69) is 10.3 Å². The number of carbonyl (C=O) groups is 3. The van der Waals surface area contributed by atoms with Gasteiger partial charge in [0.25, 0.3) is 5.91 Å². The van der Waals surface area contributed by atoms with Gasteiger partial charge in [-0.2, -0.15) is 0 Å². The number of ether oxygens (including phenoxy) is 2. The second-order valence-electron chi connectivity index (χ2n) is 5.96. The fraction of sp³-hybridized carbons (Fsp3) is 0.200. The van der Waals surface area contributed by atoms with E-state index < -0.39 is 12.0 Å². The van der Waals surface area contributed by atoms with E-state index in [9.17, 15) is 14.4 Å². The van der Waals surface area contributed by atoms with Crippen LogP contribution in [0.1, 0.15) is 11.8 Å². The molecule has 31 heavy (non-hydrogen) atoms. The summed E-state index contributed by atoms with van der Waals surface area (Å²) in [7, 11) is 1.49. The Kier molecular flexibility index (Phi) is 7.72. The molecule has 3 amide bonds. The van der Waals surface area contributed by atoms with E-state index in [1.54, 1.807) is 31.2 Å². The number of nitrogens with one attached hydrogen (secondary N) is 1. The summed E-state index contributed by atoms with van der Waals surface area (Å²) in [5.41, 5.74) is 0.699. The van der Waals surface area contributed by atoms with Crippen molar-refractivity contribution in [1.82, 2.24) is 5.32 Å². The number of halogens is 1. The van der Waals surface area contributed by atoms with Gasteiger partial charge in [0.2, 0.25) is 5.91 Å². The maximum Gasteiger partial charge on any atom is 0.413 e. The standard InChI is InChI=1S/C20H18ClN3O5S2/c1-3-29-20(27)23-17(25)11-31-19-22-15(10-13-5-4-8-30-13)18(26)24(19)12-6-7-16(28-2)14(21)9-12/h4-10H,3,11H2,1-2H3,(H,23,25,27). The number of amidine groups is 1. The molecule has 3 rings (SSSR count). The predicted molar refractivity (Wildman–Crippen MR) is 123 cm³/mol. The van der Waals surface area contributed by atoms with Crippen LogP contribution in [0.3, 0.4) is 0 Å². The van der Waals surface area contributed by atoms with Crippen molar-refractivity contribution in [3.63, 3.8) is 0 Å². The van der Waals surface area contributed by atoms with Gasteiger partial charge < -0.3 is 9.47 Å². The summed E-state index contributed by atoms with van der Waals surface area (Å²) >= 11 is 8.72. The van der Waals surface area contributed by atoms with Crippen LogP contribution in [0.15, 0.2) is 46.4 Å². The maximum atomic E-state index is 13.1. The quantitative estimate of drug-likeness (QED) is 0.625. The van der Waals surface area contributed by atoms with E-state index in [1.807, 2.05) is 17.5 Å². The summed E-state index contributed by atoms with van der Waals surface area (Å²) < 4.78 is 9.86. The minimum atomic E-state index is -0.824. The largest absolute Gasteiger partial charge is 0.495 e. The first-order chi connectivity index (χ1) is 14.9. The van der Waals surface area contributed by atoms with Crippen LogP contribution in [-0.2, 0) is 14.3 Å². The van der Waals surface area contributed by atoms with Crippen molar-refractivity contribution in [1.29, 1.82) is 0 Å². The Balaban J connectivity index is 1.85. The zero-order valence-electron chi connectivity index (χ0n) is 16.6. The van der Waals surface area contributed by atoms with E-state index in [-0.39, 0.29) is 29.1 Å². The third-order valence-electron chi connectivity index (χ3n) is 3.89. The van der Waals surface area contributed by atoms with E-state index in [4.69, 9.17) is 21.1 Å². The fourth-order valence-electron chi connectivity index (χ4n) is 2.57. The molecule has 0 saturated carbocycles. The number of alkyl carbamates (subject to hydrolysis) is 1. The molecule has 0 fully saturated rings. The average molecular weight is 480 g/mol. The number of nitrogens with zero attached hydrogens (tertiary/aromatic N) is 2. The van der Waals surface area contributed by atoms with Gasteiger partial charge in [0.1, 0.15) is 11.4 Å². The summed E-state index contributed by atoms with van der Waals surface area (Å²) in [4.78, 5) is 43.2. The smallest absolute Gasteiger partial charge is 0.413 e. The lowest BCUT2D eigenvalue weighted by Crippen LogP contribution is -2.34. The summed E-state index contributed by atoms with van der Waals surface area (Å²) in [5.74, 6) is -0.603. The lowest BCUT2D eigenvalue weighted by atomic mass is 10.2. The molecule has 0 unspecified atom stereocenters. The molecule has 0 saturated heterocycles. The Hall–Kier alpha value is -2.82. The molecular weight excluding hydrogens is 462 g/mol. The lowest BCUT2D eigenvalue weighted by Gasteiger charge is -2.18. The SMILES string of the molecule is CCOC(=O)NC(=O)CSC1=NC(=Cc2cccs2)C(=O)N1c1ccc(OC)c(Cl)c1. The maximum absolute atomic E-state index is 13.1. The number of thiophene rings is 1. The van der Waals surface area contributed by atoms with E-state index >= 15 is 0 Å². The normalized spacial score (nSPS) is 14.5. The number of amides is 3. The lowest BCUT2D eigenvalue weighted by molar-refractivity contribution is -0.118. The van der Waals surface area contributed by atoms with Crippen molar-refractivity contribution in [2.45, 2.75) is 6.92 Å². The second-order valence-corrected chi connectivity index (χ2v) is 8.29. The van der Waals surface area contributed by atoms with E-state index in [1.165, 1.54) is 23.3 Å². The van der Waals surface area contributed by atoms with Gasteiger partial charge in [0, 0.05) is 4.88 Å². The zero-order chi connectivity index (χ0) is 22.4. The van der Waals surface area contributed by atoms with Crippen LogP contribution in [0.5, 0.6) is 5.75 Å². The molecule has 162 valence electrons. The van der Waals surface area contributed by atoms with Gasteiger partial charge in [0.15, 0.2) is 5.17 Å². The van der Waals surface area contributed by atoms with Gasteiger partial charge in [0.05, 0.1) is 30.2 Å². The molecule has 1 N–H and O–H groups in total. The van der Waals surface area contributed by atoms with Crippen molar-refractivity contribution >= 4 is 69.5 Å². The fourth-order valence-corrected chi connectivity index (χ4v) is 4.29. The minimum absolute atomic E-state index is 0.141. The van der Waals surface area contributed by atoms with Crippen LogP contribution in [0.2, 0.25) is 5.02 Å². The first kappa shape index (κ1) is 22.9. The number of carbonyl (C=O) groups excluding carboxylic acids is 3. The molecule has 1 aromatic heterocycles. The third-order valence-corrected chi connectivity index (χ3v) is 5.95. The molecule has 2 aromatic rings. The third kappa shape index (κ3) is 5.66. The zero-order valence-corrected chi connectivity index (χ0v) is 19.0. The van der Waals surface area contributed by atoms with Crippen LogP contribution in [0.4, 0.5) is 10.5 Å². The molecule has 1 aliphatic rings. The molecule has 0 aliphatic carbocycles. The van der Waals surface area contributed by atoms with Crippen LogP contribution >= 0.6 is 34.7 Å². The van der Waals surface area contributed by atoms with Crippen molar-refractivity contribution in [2.75, 3.05) is 24.4 Å². The molecule has 0 bridgehead atoms. The summed E-state index contributed by atoms with van der Waals surface area (Å²) in [6, 6.07) is 8.64. The second kappa shape index (κ2) is 10.5. The van der Waals surface area contributed by atoms with Gasteiger partial charge in [-0.25, -0.2) is 9.79 Å². The van der Waals surface area contributed by atoms with Crippen molar-refractivity contribution in [3.05, 3.63) is 51.3 Å². The Morgan fingerprint density at radius 2 is 2.16 bits per heavy atom. The number of rotatable bonds is 6. The predicted octanol–water partition coefficient (Wildman–Crippen LogP) is 4.16. The van der Waals surface area contributed by atoms with Crippen LogP contribution in [0, 0.1) is 0 Å². The highest BCUT2D eigenvalue weighted by Gasteiger charge is 2.33. The number of hydrogen-bond donors (Lipinski definition) is 1. The van der Waals surface area contributed by atoms with Crippen LogP contribution in [0.25, 0.3) is 6.08 Å². The first-order valence-corrected chi connectivity index (χ1v) is 11.3. The summed E-state index contributed by atoms with van der Waals surface area (Å²) in [5, 5.41) is 4.62. The molecule has 11 heteroatoms. The highest BCUT2D eigenvalue weighted by atomic mass is 35.5. The van der Waals surface area contributed by atoms with E-state index in [0.717, 1.165) is 16.6 Å². The van der Waals surface area contributed by atoms with Gasteiger partial charge in [-0.05, 0) is 42.6 Å². The summed E-state index contributed by atoms with van der Waals surface area (Å²) in [6.07, 6.45) is 0.854. The number of anilines is 1. The highest BCUT2D eigenvalue weighted by Crippen LogP contribution is 2.34. The molecule has 1 aromatic carbocycles. The van der Waals surface area contributed by atoms with Crippen molar-refractivity contribution < 1.29 is 23.9 Å². The Bertz CT molecular complexity index is 1050. The van der Waals surface area contributed by atoms with Gasteiger partial charge in [-0.1, -0.05) is 29.4 Å². The molecule has 0 atom stereocenters. The highest BCUT2D eigenvalue weighted by molar-refractivity contribution is 8.14. The molecule has 2 heterocycles. The molecule has 8 nitrogen and oxygen atoms in total.